The minimum Gasteiger partial charge on any atom is -0.426 e. The van der Waals surface area contributed by atoms with E-state index < -0.39 is 10.0 Å². The lowest BCUT2D eigenvalue weighted by molar-refractivity contribution is -0.131. The monoisotopic (exact) mass is 427 g/mol. The van der Waals surface area contributed by atoms with Gasteiger partial charge in [-0.1, -0.05) is 24.9 Å². The first-order chi connectivity index (χ1) is 12.8. The normalized spacial score (nSPS) is 11.2. The molecule has 146 valence electrons. The van der Waals surface area contributed by atoms with Gasteiger partial charge in [-0.3, -0.25) is 9.10 Å². The number of halogens is 1. The zero-order valence-electron chi connectivity index (χ0n) is 15.2. The molecule has 2 aromatic rings. The number of ether oxygens (including phenoxy) is 1. The molecule has 0 unspecified atom stereocenters. The third-order valence-electron chi connectivity index (χ3n) is 3.77. The molecule has 2 aromatic carbocycles. The fraction of sp³-hybridized carbons (Fsp3) is 0.316. The van der Waals surface area contributed by atoms with Crippen molar-refractivity contribution in [3.8, 4) is 5.75 Å². The molecular weight excluding hydrogens is 406 g/mol. The largest absolute Gasteiger partial charge is 0.426 e. The van der Waals surface area contributed by atoms with Crippen molar-refractivity contribution in [1.82, 2.24) is 0 Å². The number of carbonyl (C=O) groups is 1. The van der Waals surface area contributed by atoms with Gasteiger partial charge < -0.3 is 4.74 Å². The molecule has 27 heavy (non-hydrogen) atoms. The summed E-state index contributed by atoms with van der Waals surface area (Å²) in [4.78, 5) is 12.0. The molecule has 5 nitrogen and oxygen atoms in total. The number of carbonyl (C=O) groups excluding carboxylic acids is 1. The first-order valence-corrected chi connectivity index (χ1v) is 11.4. The standard InChI is InChI=1S/C19H22ClNO4S2/c1-3-4-13-26-14-19(22)25-17-9-7-16(8-10-17)21(2)27(23,24)18-11-5-15(20)6-12-18/h5-12H,3-4,13-14H2,1-2H3. The molecule has 0 saturated carbocycles. The molecular formula is C19H22ClNO4S2. The summed E-state index contributed by atoms with van der Waals surface area (Å²) in [6.07, 6.45) is 2.16. The van der Waals surface area contributed by atoms with E-state index in [2.05, 4.69) is 6.92 Å². The summed E-state index contributed by atoms with van der Waals surface area (Å²) in [6, 6.07) is 12.3. The van der Waals surface area contributed by atoms with Crippen molar-refractivity contribution >= 4 is 45.0 Å². The number of sulfonamides is 1. The van der Waals surface area contributed by atoms with Crippen LogP contribution >= 0.6 is 23.4 Å². The maximum absolute atomic E-state index is 12.7. The second kappa shape index (κ2) is 10.0. The highest BCUT2D eigenvalue weighted by Gasteiger charge is 2.21. The van der Waals surface area contributed by atoms with Gasteiger partial charge in [0.05, 0.1) is 16.3 Å². The fourth-order valence-electron chi connectivity index (χ4n) is 2.19. The maximum atomic E-state index is 12.7. The number of hydrogen-bond donors (Lipinski definition) is 0. The summed E-state index contributed by atoms with van der Waals surface area (Å²) in [5.74, 6) is 1.30. The van der Waals surface area contributed by atoms with Crippen LogP contribution in [0.1, 0.15) is 19.8 Å². The number of esters is 1. The molecule has 0 N–H and O–H groups in total. The minimum absolute atomic E-state index is 0.147. The Morgan fingerprint density at radius 1 is 1.11 bits per heavy atom. The summed E-state index contributed by atoms with van der Waals surface area (Å²) in [7, 11) is -2.23. The van der Waals surface area contributed by atoms with Crippen LogP contribution in [0.4, 0.5) is 5.69 Å². The molecule has 0 spiro atoms. The van der Waals surface area contributed by atoms with E-state index in [0.29, 0.717) is 22.2 Å². The third kappa shape index (κ3) is 6.16. The van der Waals surface area contributed by atoms with Crippen molar-refractivity contribution in [2.45, 2.75) is 24.7 Å². The average molecular weight is 428 g/mol. The van der Waals surface area contributed by atoms with E-state index in [-0.39, 0.29) is 10.9 Å². The van der Waals surface area contributed by atoms with Gasteiger partial charge in [0.25, 0.3) is 10.0 Å². The van der Waals surface area contributed by atoms with Gasteiger partial charge in [0.2, 0.25) is 0 Å². The fourth-order valence-corrected chi connectivity index (χ4v) is 4.37. The predicted molar refractivity (Wildman–Crippen MR) is 111 cm³/mol. The number of hydrogen-bond acceptors (Lipinski definition) is 5. The summed E-state index contributed by atoms with van der Waals surface area (Å²) in [6.45, 7) is 2.10. The zero-order chi connectivity index (χ0) is 19.9. The number of benzene rings is 2. The van der Waals surface area contributed by atoms with E-state index in [1.165, 1.54) is 35.6 Å². The van der Waals surface area contributed by atoms with Crippen LogP contribution in [0.15, 0.2) is 53.4 Å². The Hall–Kier alpha value is -1.70. The molecule has 0 saturated heterocycles. The molecule has 0 heterocycles. The summed E-state index contributed by atoms with van der Waals surface area (Å²) in [5.41, 5.74) is 0.460. The predicted octanol–water partition coefficient (Wildman–Crippen LogP) is 4.60. The summed E-state index contributed by atoms with van der Waals surface area (Å²) >= 11 is 7.36. The van der Waals surface area contributed by atoms with Gasteiger partial charge in [-0.2, -0.15) is 11.8 Å². The van der Waals surface area contributed by atoms with Crippen LogP contribution < -0.4 is 9.04 Å². The van der Waals surface area contributed by atoms with Crippen LogP contribution in [-0.2, 0) is 14.8 Å². The van der Waals surface area contributed by atoms with Gasteiger partial charge in [0.1, 0.15) is 5.75 Å². The lowest BCUT2D eigenvalue weighted by Crippen LogP contribution is -2.26. The Labute approximate surface area is 169 Å². The maximum Gasteiger partial charge on any atom is 0.321 e. The highest BCUT2D eigenvalue weighted by molar-refractivity contribution is 7.99. The van der Waals surface area contributed by atoms with Crippen LogP contribution in [0.3, 0.4) is 0 Å². The molecule has 8 heteroatoms. The van der Waals surface area contributed by atoms with E-state index in [1.807, 2.05) is 0 Å². The van der Waals surface area contributed by atoms with Crippen LogP contribution in [0.25, 0.3) is 0 Å². The highest BCUT2D eigenvalue weighted by Crippen LogP contribution is 2.25. The van der Waals surface area contributed by atoms with Gasteiger partial charge in [-0.25, -0.2) is 8.42 Å². The highest BCUT2D eigenvalue weighted by atomic mass is 35.5. The second-order valence-electron chi connectivity index (χ2n) is 5.80. The second-order valence-corrected chi connectivity index (χ2v) is 9.31. The van der Waals surface area contributed by atoms with Crippen molar-refractivity contribution < 1.29 is 17.9 Å². The number of rotatable bonds is 9. The molecule has 0 aliphatic rings. The SMILES string of the molecule is CCCCSCC(=O)Oc1ccc(N(C)S(=O)(=O)c2ccc(Cl)cc2)cc1. The van der Waals surface area contributed by atoms with Gasteiger partial charge >= 0.3 is 5.97 Å². The van der Waals surface area contributed by atoms with Crippen molar-refractivity contribution in [2.75, 3.05) is 22.9 Å². The Morgan fingerprint density at radius 2 is 1.74 bits per heavy atom. The lowest BCUT2D eigenvalue weighted by atomic mass is 10.3. The van der Waals surface area contributed by atoms with Crippen LogP contribution in [0.2, 0.25) is 5.02 Å². The van der Waals surface area contributed by atoms with Crippen LogP contribution in [0, 0.1) is 0 Å². The van der Waals surface area contributed by atoms with E-state index in [4.69, 9.17) is 16.3 Å². The molecule has 0 radical (unpaired) electrons. The van der Waals surface area contributed by atoms with Gasteiger partial charge in [-0.15, -0.1) is 0 Å². The molecule has 0 bridgehead atoms. The molecule has 0 aliphatic heterocycles. The van der Waals surface area contributed by atoms with Crippen molar-refractivity contribution in [3.05, 3.63) is 53.6 Å². The molecule has 0 amide bonds. The van der Waals surface area contributed by atoms with Crippen LogP contribution in [0.5, 0.6) is 5.75 Å². The summed E-state index contributed by atoms with van der Waals surface area (Å²) < 4.78 is 31.8. The molecule has 0 aromatic heterocycles. The average Bonchev–Trinajstić information content (AvgIpc) is 2.65. The summed E-state index contributed by atoms with van der Waals surface area (Å²) in [5, 5.41) is 0.468. The lowest BCUT2D eigenvalue weighted by Gasteiger charge is -2.19. The number of unbranched alkanes of at least 4 members (excludes halogenated alkanes) is 1. The van der Waals surface area contributed by atoms with Crippen molar-refractivity contribution in [3.63, 3.8) is 0 Å². The quantitative estimate of drug-likeness (QED) is 0.332. The van der Waals surface area contributed by atoms with Crippen LogP contribution in [-0.4, -0.2) is 32.9 Å². The van der Waals surface area contributed by atoms with Gasteiger partial charge in [0.15, 0.2) is 0 Å². The number of anilines is 1. The zero-order valence-corrected chi connectivity index (χ0v) is 17.6. The van der Waals surface area contributed by atoms with E-state index in [0.717, 1.165) is 18.6 Å². The molecule has 0 atom stereocenters. The first-order valence-electron chi connectivity index (χ1n) is 8.47. The minimum atomic E-state index is -3.70. The van der Waals surface area contributed by atoms with E-state index in [1.54, 1.807) is 36.0 Å². The third-order valence-corrected chi connectivity index (χ3v) is 6.84. The Balaban J connectivity index is 2.01. The number of nitrogens with zero attached hydrogens (tertiary/aromatic N) is 1. The molecule has 0 aliphatic carbocycles. The molecule has 2 rings (SSSR count). The Morgan fingerprint density at radius 3 is 2.33 bits per heavy atom. The Bertz CT molecular complexity index is 852. The van der Waals surface area contributed by atoms with Gasteiger partial charge in [0, 0.05) is 12.1 Å². The van der Waals surface area contributed by atoms with Crippen molar-refractivity contribution in [2.24, 2.45) is 0 Å². The smallest absolute Gasteiger partial charge is 0.321 e. The Kier molecular flexibility index (Phi) is 8.01. The van der Waals surface area contributed by atoms with E-state index >= 15 is 0 Å². The van der Waals surface area contributed by atoms with E-state index in [9.17, 15) is 13.2 Å². The topological polar surface area (TPSA) is 63.7 Å². The molecule has 0 fully saturated rings. The van der Waals surface area contributed by atoms with Crippen molar-refractivity contribution in [1.29, 1.82) is 0 Å². The van der Waals surface area contributed by atoms with Gasteiger partial charge in [-0.05, 0) is 60.7 Å². The first kappa shape index (κ1) is 21.6. The number of thioether (sulfide) groups is 1.